The largest absolute Gasteiger partial charge is 0.438 e. The summed E-state index contributed by atoms with van der Waals surface area (Å²) in [4.78, 5) is 22.6. The van der Waals surface area contributed by atoms with Crippen LogP contribution in [0.4, 0.5) is 10.8 Å². The topological polar surface area (TPSA) is 67.5 Å². The number of amides is 1. The Kier molecular flexibility index (Phi) is 5.47. The summed E-state index contributed by atoms with van der Waals surface area (Å²) in [5.41, 5.74) is 1.82. The van der Waals surface area contributed by atoms with E-state index < -0.39 is 0 Å². The molecule has 140 valence electrons. The zero-order valence-electron chi connectivity index (χ0n) is 14.7. The van der Waals surface area contributed by atoms with Crippen LogP contribution in [-0.4, -0.2) is 17.1 Å². The third-order valence-electron chi connectivity index (χ3n) is 3.89. The first-order chi connectivity index (χ1) is 13.6. The van der Waals surface area contributed by atoms with E-state index in [0.717, 1.165) is 4.90 Å². The molecule has 2 aromatic heterocycles. The van der Waals surface area contributed by atoms with Crippen molar-refractivity contribution in [3.05, 3.63) is 76.2 Å². The van der Waals surface area contributed by atoms with Crippen molar-refractivity contribution < 1.29 is 9.21 Å². The number of thioether (sulfide) groups is 1. The van der Waals surface area contributed by atoms with Crippen molar-refractivity contribution in [1.29, 1.82) is 0 Å². The van der Waals surface area contributed by atoms with Gasteiger partial charge in [-0.3, -0.25) is 10.1 Å². The fourth-order valence-corrected chi connectivity index (χ4v) is 3.75. The highest BCUT2D eigenvalue weighted by molar-refractivity contribution is 7.98. The molecule has 8 heteroatoms. The number of hydrogen-bond donors (Lipinski definition) is 1. The van der Waals surface area contributed by atoms with Crippen molar-refractivity contribution in [3.8, 4) is 0 Å². The molecule has 4 rings (SSSR count). The predicted octanol–water partition coefficient (Wildman–Crippen LogP) is 5.75. The molecule has 0 aliphatic heterocycles. The first-order valence-corrected chi connectivity index (χ1v) is 10.7. The lowest BCUT2D eigenvalue weighted by Crippen LogP contribution is -2.21. The summed E-state index contributed by atoms with van der Waals surface area (Å²) in [6.45, 7) is 0. The van der Waals surface area contributed by atoms with Gasteiger partial charge in [-0.05, 0) is 48.7 Å². The standard InChI is InChI=1S/C20H14ClN3O2S2/c1-27-15-4-2-3-14(11-15)23-19-16(18(25)24-20-22-7-8-28-20)10-12-9-13(21)5-6-17(12)26-19/h2-11H,1H3,(H,22,24,25). The molecule has 2 aromatic carbocycles. The fourth-order valence-electron chi connectivity index (χ4n) is 2.59. The number of halogens is 1. The van der Waals surface area contributed by atoms with Gasteiger partial charge in [0.15, 0.2) is 5.13 Å². The molecule has 0 radical (unpaired) electrons. The zero-order chi connectivity index (χ0) is 19.5. The van der Waals surface area contributed by atoms with E-state index in [4.69, 9.17) is 16.0 Å². The Morgan fingerprint density at radius 1 is 1.25 bits per heavy atom. The Bertz CT molecular complexity index is 1220. The second kappa shape index (κ2) is 8.18. The first kappa shape index (κ1) is 18.7. The van der Waals surface area contributed by atoms with E-state index in [1.165, 1.54) is 11.3 Å². The second-order valence-corrected chi connectivity index (χ2v) is 7.96. The Morgan fingerprint density at radius 3 is 2.93 bits per heavy atom. The van der Waals surface area contributed by atoms with Crippen LogP contribution in [0.3, 0.4) is 0 Å². The zero-order valence-corrected chi connectivity index (χ0v) is 17.1. The maximum absolute atomic E-state index is 12.9. The molecular formula is C20H14ClN3O2S2. The Balaban J connectivity index is 1.88. The van der Waals surface area contributed by atoms with Gasteiger partial charge in [0.1, 0.15) is 11.1 Å². The maximum Gasteiger partial charge on any atom is 0.262 e. The van der Waals surface area contributed by atoms with Gasteiger partial charge in [-0.15, -0.1) is 23.1 Å². The Morgan fingerprint density at radius 2 is 2.14 bits per heavy atom. The summed E-state index contributed by atoms with van der Waals surface area (Å²) >= 11 is 9.05. The van der Waals surface area contributed by atoms with E-state index in [2.05, 4.69) is 15.3 Å². The smallest absolute Gasteiger partial charge is 0.262 e. The van der Waals surface area contributed by atoms with E-state index in [1.807, 2.05) is 30.5 Å². The van der Waals surface area contributed by atoms with Crippen molar-refractivity contribution in [2.24, 2.45) is 4.99 Å². The van der Waals surface area contributed by atoms with E-state index >= 15 is 0 Å². The average Bonchev–Trinajstić information content (AvgIpc) is 3.20. The molecule has 1 N–H and O–H groups in total. The molecule has 0 spiro atoms. The van der Waals surface area contributed by atoms with Gasteiger partial charge in [-0.2, -0.15) is 0 Å². The molecule has 0 atom stereocenters. The predicted molar refractivity (Wildman–Crippen MR) is 115 cm³/mol. The van der Waals surface area contributed by atoms with Gasteiger partial charge in [-0.25, -0.2) is 9.98 Å². The minimum atomic E-state index is -0.347. The first-order valence-electron chi connectivity index (χ1n) is 8.25. The molecular weight excluding hydrogens is 414 g/mol. The molecule has 28 heavy (non-hydrogen) atoms. The number of carbonyl (C=O) groups excluding carboxylic acids is 1. The van der Waals surface area contributed by atoms with E-state index in [-0.39, 0.29) is 11.5 Å². The Hall–Kier alpha value is -2.61. The van der Waals surface area contributed by atoms with E-state index in [0.29, 0.717) is 32.4 Å². The number of nitrogens with one attached hydrogen (secondary N) is 1. The molecule has 0 aliphatic carbocycles. The normalized spacial score (nSPS) is 11.7. The summed E-state index contributed by atoms with van der Waals surface area (Å²) in [6, 6.07) is 14.7. The van der Waals surface area contributed by atoms with Crippen LogP contribution in [-0.2, 0) is 0 Å². The molecule has 0 saturated carbocycles. The van der Waals surface area contributed by atoms with Crippen LogP contribution in [0.25, 0.3) is 11.0 Å². The van der Waals surface area contributed by atoms with Crippen molar-refractivity contribution in [2.75, 3.05) is 11.6 Å². The number of benzene rings is 2. The third-order valence-corrected chi connectivity index (χ3v) is 5.54. The highest BCUT2D eigenvalue weighted by Crippen LogP contribution is 2.23. The van der Waals surface area contributed by atoms with Crippen LogP contribution in [0.15, 0.2) is 74.4 Å². The van der Waals surface area contributed by atoms with Crippen molar-refractivity contribution in [2.45, 2.75) is 4.90 Å². The molecule has 2 heterocycles. The summed E-state index contributed by atoms with van der Waals surface area (Å²) < 4.78 is 5.96. The molecule has 0 fully saturated rings. The number of thiazole rings is 1. The number of anilines is 1. The van der Waals surface area contributed by atoms with Crippen LogP contribution in [0.2, 0.25) is 5.02 Å². The highest BCUT2D eigenvalue weighted by Gasteiger charge is 2.14. The Labute approximate surface area is 174 Å². The molecule has 0 bridgehead atoms. The van der Waals surface area contributed by atoms with Crippen LogP contribution in [0.1, 0.15) is 10.4 Å². The van der Waals surface area contributed by atoms with Gasteiger partial charge in [0.2, 0.25) is 5.55 Å². The second-order valence-electron chi connectivity index (χ2n) is 5.75. The number of nitrogens with zero attached hydrogens (tertiary/aromatic N) is 2. The minimum absolute atomic E-state index is 0.224. The van der Waals surface area contributed by atoms with Gasteiger partial charge < -0.3 is 4.42 Å². The van der Waals surface area contributed by atoms with E-state index in [1.54, 1.807) is 47.6 Å². The molecule has 0 unspecified atom stereocenters. The number of carbonyl (C=O) groups is 1. The lowest BCUT2D eigenvalue weighted by molar-refractivity contribution is 0.102. The molecule has 1 amide bonds. The highest BCUT2D eigenvalue weighted by atomic mass is 35.5. The van der Waals surface area contributed by atoms with Gasteiger partial charge in [0.25, 0.3) is 5.91 Å². The summed E-state index contributed by atoms with van der Waals surface area (Å²) in [5, 5.41) is 6.35. The van der Waals surface area contributed by atoms with Crippen molar-refractivity contribution in [3.63, 3.8) is 0 Å². The van der Waals surface area contributed by atoms with Crippen LogP contribution < -0.4 is 10.9 Å². The lowest BCUT2D eigenvalue weighted by Gasteiger charge is -2.06. The molecule has 4 aromatic rings. The van der Waals surface area contributed by atoms with Crippen LogP contribution in [0, 0.1) is 0 Å². The molecule has 5 nitrogen and oxygen atoms in total. The van der Waals surface area contributed by atoms with Gasteiger partial charge in [0.05, 0.1) is 5.69 Å². The third kappa shape index (κ3) is 4.11. The monoisotopic (exact) mass is 427 g/mol. The number of hydrogen-bond acceptors (Lipinski definition) is 6. The van der Waals surface area contributed by atoms with Crippen molar-refractivity contribution in [1.82, 2.24) is 4.98 Å². The van der Waals surface area contributed by atoms with Gasteiger partial charge in [0, 0.05) is 26.9 Å². The number of rotatable bonds is 4. The average molecular weight is 428 g/mol. The van der Waals surface area contributed by atoms with Gasteiger partial charge in [-0.1, -0.05) is 17.7 Å². The summed E-state index contributed by atoms with van der Waals surface area (Å²) in [7, 11) is 0. The molecule has 0 aliphatic rings. The van der Waals surface area contributed by atoms with E-state index in [9.17, 15) is 4.79 Å². The SMILES string of the molecule is CSc1cccc(N=c2oc3ccc(Cl)cc3cc2C(=O)Nc2nccs2)c1. The fraction of sp³-hybridized carbons (Fsp3) is 0.0500. The maximum atomic E-state index is 12.9. The minimum Gasteiger partial charge on any atom is -0.438 e. The van der Waals surface area contributed by atoms with Crippen LogP contribution >= 0.6 is 34.7 Å². The van der Waals surface area contributed by atoms with Crippen LogP contribution in [0.5, 0.6) is 0 Å². The molecule has 0 saturated heterocycles. The summed E-state index contributed by atoms with van der Waals surface area (Å²) in [5.74, 6) is -0.347. The van der Waals surface area contributed by atoms with Crippen molar-refractivity contribution >= 4 is 62.4 Å². The quantitative estimate of drug-likeness (QED) is 0.421. The summed E-state index contributed by atoms with van der Waals surface area (Å²) in [6.07, 6.45) is 3.63. The lowest BCUT2D eigenvalue weighted by atomic mass is 10.1. The number of fused-ring (bicyclic) bond motifs is 1. The number of aromatic nitrogens is 1. The van der Waals surface area contributed by atoms with Gasteiger partial charge >= 0.3 is 0 Å².